The number of hydrogen-bond acceptors (Lipinski definition) is 4. The van der Waals surface area contributed by atoms with Crippen molar-refractivity contribution >= 4 is 24.4 Å². The number of hydrogen-bond donors (Lipinski definition) is 1. The number of anilines is 1. The van der Waals surface area contributed by atoms with Crippen LogP contribution in [0.4, 0.5) is 5.69 Å². The van der Waals surface area contributed by atoms with E-state index in [1.54, 1.807) is 7.11 Å². The number of methoxy groups -OCH3 is 1. The fraction of sp³-hybridized carbons (Fsp3) is 0.214. The molecule has 164 valence electrons. The van der Waals surface area contributed by atoms with Crippen LogP contribution in [0.15, 0.2) is 84.9 Å². The van der Waals surface area contributed by atoms with Crippen LogP contribution in [-0.4, -0.2) is 39.0 Å². The third kappa shape index (κ3) is 4.84. The molecule has 1 N–H and O–H groups in total. The minimum Gasteiger partial charge on any atom is -0.497 e. The molecule has 1 heterocycles. The van der Waals surface area contributed by atoms with E-state index in [4.69, 9.17) is 17.5 Å². The van der Waals surface area contributed by atoms with E-state index in [9.17, 15) is 0 Å². The second-order valence-corrected chi connectivity index (χ2v) is 8.47. The average molecular weight is 434 g/mol. The molecule has 1 fully saturated rings. The zero-order valence-corrected chi connectivity index (χ0v) is 18.8. The highest BCUT2D eigenvalue weighted by atomic mass is 16.5. The number of nitrogens with one attached hydrogen (secondary N) is 1. The monoisotopic (exact) mass is 434 g/mol. The van der Waals surface area contributed by atoms with Gasteiger partial charge in [-0.2, -0.15) is 0 Å². The lowest BCUT2D eigenvalue weighted by Crippen LogP contribution is -2.32. The van der Waals surface area contributed by atoms with Crippen molar-refractivity contribution in [1.29, 1.82) is 0 Å². The van der Waals surface area contributed by atoms with Gasteiger partial charge in [0.25, 0.3) is 0 Å². The first kappa shape index (κ1) is 21.4. The van der Waals surface area contributed by atoms with Crippen LogP contribution >= 0.6 is 0 Å². The van der Waals surface area contributed by atoms with Crippen LogP contribution in [-0.2, 0) is 0 Å². The topological polar surface area (TPSA) is 33.7 Å². The molecule has 0 amide bonds. The lowest BCUT2D eigenvalue weighted by Gasteiger charge is -2.22. The molecule has 1 aliphatic rings. The minimum atomic E-state index is 0.332. The molecule has 1 aliphatic heterocycles. The van der Waals surface area contributed by atoms with Gasteiger partial charge in [-0.05, 0) is 83.8 Å². The summed E-state index contributed by atoms with van der Waals surface area (Å²) in [4.78, 5) is 1.93. The van der Waals surface area contributed by atoms with E-state index in [1.807, 2.05) is 29.1 Å². The molecule has 33 heavy (non-hydrogen) atoms. The highest BCUT2D eigenvalue weighted by Gasteiger charge is 2.20. The van der Waals surface area contributed by atoms with Crippen LogP contribution in [0.2, 0.25) is 0 Å². The maximum atomic E-state index is 6.34. The first-order valence-corrected chi connectivity index (χ1v) is 11.4. The predicted octanol–water partition coefficient (Wildman–Crippen LogP) is 6.27. The van der Waals surface area contributed by atoms with Gasteiger partial charge in [0.05, 0.1) is 12.8 Å². The molecule has 0 saturated carbocycles. The van der Waals surface area contributed by atoms with E-state index < -0.39 is 0 Å². The minimum absolute atomic E-state index is 0.332. The largest absolute Gasteiger partial charge is 0.497 e. The standard InChI is InChI=1S/C28H27BN2O2/c1-32-25-11-13-26(14-12-25)33-28-18-23(22-9-8-20-5-2-3-6-21(20)17-22)10-15-27(28)30-19-24-7-4-16-31(24)29/h2-3,5-6,8-15,17-18,24,30H,4,7,16,19H2,1H3/t24-/m0/s1. The Hall–Kier alpha value is -3.44. The summed E-state index contributed by atoms with van der Waals surface area (Å²) >= 11 is 0. The molecule has 0 unspecified atom stereocenters. The summed E-state index contributed by atoms with van der Waals surface area (Å²) in [6.45, 7) is 1.73. The van der Waals surface area contributed by atoms with E-state index in [0.717, 1.165) is 60.0 Å². The second kappa shape index (κ2) is 9.59. The Labute approximate surface area is 196 Å². The molecular weight excluding hydrogens is 407 g/mol. The van der Waals surface area contributed by atoms with Gasteiger partial charge in [-0.1, -0.05) is 42.5 Å². The predicted molar refractivity (Wildman–Crippen MR) is 136 cm³/mol. The van der Waals surface area contributed by atoms with Crippen molar-refractivity contribution in [2.24, 2.45) is 0 Å². The molecule has 0 bridgehead atoms. The molecular formula is C28H27BN2O2. The Bertz CT molecular complexity index is 1240. The summed E-state index contributed by atoms with van der Waals surface area (Å²) in [5.74, 6) is 2.35. The molecule has 1 atom stereocenters. The number of ether oxygens (including phenoxy) is 2. The van der Waals surface area contributed by atoms with Crippen LogP contribution in [0.5, 0.6) is 17.2 Å². The number of fused-ring (bicyclic) bond motifs is 1. The Morgan fingerprint density at radius 1 is 0.879 bits per heavy atom. The van der Waals surface area contributed by atoms with Crippen molar-refractivity contribution in [2.45, 2.75) is 18.9 Å². The lowest BCUT2D eigenvalue weighted by atomic mass is 10.0. The first-order chi connectivity index (χ1) is 16.2. The highest BCUT2D eigenvalue weighted by molar-refractivity contribution is 6.04. The summed E-state index contributed by atoms with van der Waals surface area (Å²) in [5, 5.41) is 6.02. The maximum Gasteiger partial charge on any atom is 0.182 e. The van der Waals surface area contributed by atoms with Crippen LogP contribution in [0.25, 0.3) is 21.9 Å². The van der Waals surface area contributed by atoms with Gasteiger partial charge in [0.15, 0.2) is 13.7 Å². The Kier molecular flexibility index (Phi) is 6.22. The molecule has 2 radical (unpaired) electrons. The van der Waals surface area contributed by atoms with Crippen LogP contribution in [0.1, 0.15) is 12.8 Å². The summed E-state index contributed by atoms with van der Waals surface area (Å²) in [7, 11) is 7.79. The fourth-order valence-corrected chi connectivity index (χ4v) is 4.38. The zero-order valence-electron chi connectivity index (χ0n) is 18.8. The molecule has 0 aliphatic carbocycles. The summed E-state index contributed by atoms with van der Waals surface area (Å²) < 4.78 is 11.6. The molecule has 4 aromatic carbocycles. The molecule has 5 heteroatoms. The van der Waals surface area contributed by atoms with Crippen LogP contribution < -0.4 is 14.8 Å². The van der Waals surface area contributed by atoms with Gasteiger partial charge >= 0.3 is 0 Å². The SMILES string of the molecule is [B]N1CCC[C@H]1CNc1ccc(-c2ccc3ccccc3c2)cc1Oc1ccc(OC)cc1. The van der Waals surface area contributed by atoms with Crippen molar-refractivity contribution in [3.05, 3.63) is 84.9 Å². The van der Waals surface area contributed by atoms with Crippen LogP contribution in [0, 0.1) is 0 Å². The van der Waals surface area contributed by atoms with E-state index in [1.165, 1.54) is 10.8 Å². The van der Waals surface area contributed by atoms with Gasteiger partial charge in [0, 0.05) is 12.6 Å². The summed E-state index contributed by atoms with van der Waals surface area (Å²) in [6, 6.07) is 29.3. The summed E-state index contributed by atoms with van der Waals surface area (Å²) in [6.07, 6.45) is 2.24. The van der Waals surface area contributed by atoms with Gasteiger partial charge in [0.2, 0.25) is 0 Å². The number of rotatable bonds is 7. The van der Waals surface area contributed by atoms with Crippen molar-refractivity contribution in [3.8, 4) is 28.4 Å². The Morgan fingerprint density at radius 2 is 1.61 bits per heavy atom. The van der Waals surface area contributed by atoms with Gasteiger partial charge in [-0.3, -0.25) is 0 Å². The van der Waals surface area contributed by atoms with E-state index in [-0.39, 0.29) is 0 Å². The quantitative estimate of drug-likeness (QED) is 0.348. The summed E-state index contributed by atoms with van der Waals surface area (Å²) in [5.41, 5.74) is 3.22. The van der Waals surface area contributed by atoms with Crippen molar-refractivity contribution in [2.75, 3.05) is 25.5 Å². The van der Waals surface area contributed by atoms with Gasteiger partial charge in [-0.15, -0.1) is 0 Å². The second-order valence-electron chi connectivity index (χ2n) is 8.47. The highest BCUT2D eigenvalue weighted by Crippen LogP contribution is 2.36. The van der Waals surface area contributed by atoms with Crippen molar-refractivity contribution < 1.29 is 9.47 Å². The first-order valence-electron chi connectivity index (χ1n) is 11.4. The average Bonchev–Trinajstić information content (AvgIpc) is 3.28. The zero-order chi connectivity index (χ0) is 22.6. The van der Waals surface area contributed by atoms with Crippen LogP contribution in [0.3, 0.4) is 0 Å². The van der Waals surface area contributed by atoms with Gasteiger partial charge in [-0.25, -0.2) is 0 Å². The third-order valence-corrected chi connectivity index (χ3v) is 6.30. The van der Waals surface area contributed by atoms with Crippen molar-refractivity contribution in [3.63, 3.8) is 0 Å². The molecule has 4 aromatic rings. The van der Waals surface area contributed by atoms with Crippen molar-refractivity contribution in [1.82, 2.24) is 4.81 Å². The lowest BCUT2D eigenvalue weighted by molar-refractivity contribution is 0.413. The van der Waals surface area contributed by atoms with E-state index in [0.29, 0.717) is 6.04 Å². The Morgan fingerprint density at radius 3 is 2.36 bits per heavy atom. The normalized spacial score (nSPS) is 16.1. The molecule has 1 saturated heterocycles. The Balaban J connectivity index is 1.46. The third-order valence-electron chi connectivity index (χ3n) is 6.30. The van der Waals surface area contributed by atoms with E-state index in [2.05, 4.69) is 66.0 Å². The smallest absolute Gasteiger partial charge is 0.182 e. The van der Waals surface area contributed by atoms with E-state index >= 15 is 0 Å². The molecule has 5 rings (SSSR count). The molecule has 0 aromatic heterocycles. The molecule has 4 nitrogen and oxygen atoms in total. The number of nitrogens with zero attached hydrogens (tertiary/aromatic N) is 1. The van der Waals surface area contributed by atoms with Gasteiger partial charge in [0.1, 0.15) is 11.5 Å². The van der Waals surface area contributed by atoms with Gasteiger partial charge < -0.3 is 19.6 Å². The molecule has 0 spiro atoms. The maximum absolute atomic E-state index is 6.34. The fourth-order valence-electron chi connectivity index (χ4n) is 4.38. The number of benzene rings is 4.